The van der Waals surface area contributed by atoms with Gasteiger partial charge in [0.05, 0.1) is 0 Å². The van der Waals surface area contributed by atoms with E-state index in [0.29, 0.717) is 6.42 Å². The van der Waals surface area contributed by atoms with Crippen molar-refractivity contribution < 1.29 is 19.1 Å². The minimum atomic E-state index is -0.854. The minimum absolute atomic E-state index is 0.140. The first-order valence-electron chi connectivity index (χ1n) is 9.18. The number of nitrogens with one attached hydrogen (secondary N) is 1. The molecule has 0 fully saturated rings. The highest BCUT2D eigenvalue weighted by Crippen LogP contribution is 2.12. The van der Waals surface area contributed by atoms with E-state index in [1.54, 1.807) is 26.8 Å². The Kier molecular flexibility index (Phi) is 7.38. The van der Waals surface area contributed by atoms with Crippen molar-refractivity contribution in [3.63, 3.8) is 0 Å². The van der Waals surface area contributed by atoms with Gasteiger partial charge < -0.3 is 14.8 Å². The average molecular weight is 381 g/mol. The third-order valence-electron chi connectivity index (χ3n) is 3.85. The summed E-state index contributed by atoms with van der Waals surface area (Å²) in [7, 11) is 0. The van der Waals surface area contributed by atoms with E-state index in [1.807, 2.05) is 54.6 Å². The van der Waals surface area contributed by atoms with Crippen molar-refractivity contribution in [2.24, 2.45) is 0 Å². The second kappa shape index (κ2) is 9.74. The van der Waals surface area contributed by atoms with Gasteiger partial charge in [-0.2, -0.15) is 0 Å². The number of ether oxygens (including phenoxy) is 2. The molecule has 0 aromatic heterocycles. The van der Waals surface area contributed by atoms with Crippen LogP contribution in [0.1, 0.15) is 37.5 Å². The number of rotatable bonds is 7. The molecule has 0 spiro atoms. The molecular weight excluding hydrogens is 354 g/mol. The summed E-state index contributed by atoms with van der Waals surface area (Å²) in [5, 5.41) is 2.63. The zero-order valence-corrected chi connectivity index (χ0v) is 16.6. The molecule has 1 atom stereocenters. The highest BCUT2D eigenvalue weighted by molar-refractivity contribution is 5.81. The number of alkyl carbamates (subject to hydrolysis) is 1. The van der Waals surface area contributed by atoms with Crippen molar-refractivity contribution in [3.8, 4) is 0 Å². The van der Waals surface area contributed by atoms with Crippen LogP contribution < -0.4 is 5.32 Å². The fourth-order valence-electron chi connectivity index (χ4n) is 2.50. The Balaban J connectivity index is 2.08. The summed E-state index contributed by atoms with van der Waals surface area (Å²) >= 11 is 0. The largest absolute Gasteiger partial charge is 0.459 e. The fourth-order valence-corrected chi connectivity index (χ4v) is 2.50. The molecule has 148 valence electrons. The number of amides is 1. The van der Waals surface area contributed by atoms with E-state index in [0.717, 1.165) is 16.7 Å². The molecule has 0 unspecified atom stereocenters. The van der Waals surface area contributed by atoms with Crippen LogP contribution in [0.2, 0.25) is 0 Å². The molecule has 0 saturated heterocycles. The van der Waals surface area contributed by atoms with Crippen LogP contribution in [0.5, 0.6) is 0 Å². The third-order valence-corrected chi connectivity index (χ3v) is 3.85. The van der Waals surface area contributed by atoms with Gasteiger partial charge in [0.25, 0.3) is 0 Å². The molecule has 5 heteroatoms. The molecule has 0 aliphatic rings. The van der Waals surface area contributed by atoms with E-state index >= 15 is 0 Å². The molecule has 0 heterocycles. The van der Waals surface area contributed by atoms with Crippen molar-refractivity contribution in [1.29, 1.82) is 0 Å². The first-order valence-corrected chi connectivity index (χ1v) is 9.18. The molecule has 2 aromatic carbocycles. The van der Waals surface area contributed by atoms with Crippen molar-refractivity contribution >= 4 is 18.1 Å². The van der Waals surface area contributed by atoms with Crippen LogP contribution in [0, 0.1) is 0 Å². The van der Waals surface area contributed by atoms with Crippen LogP contribution in [0.4, 0.5) is 4.79 Å². The highest BCUT2D eigenvalue weighted by atomic mass is 16.6. The zero-order chi connectivity index (χ0) is 20.6. The van der Waals surface area contributed by atoms with E-state index in [1.165, 1.54) is 0 Å². The summed E-state index contributed by atoms with van der Waals surface area (Å²) in [4.78, 5) is 24.8. The quantitative estimate of drug-likeness (QED) is 0.717. The van der Waals surface area contributed by atoms with E-state index in [2.05, 4.69) is 11.9 Å². The molecular formula is C23H27NO4. The maximum Gasteiger partial charge on any atom is 0.408 e. The molecule has 0 bridgehead atoms. The smallest absolute Gasteiger partial charge is 0.408 e. The fraction of sp³-hybridized carbons (Fsp3) is 0.304. The standard InChI is InChI=1S/C23H27NO4/c1-5-17-11-13-18(14-12-17)15-20(24-22(26)28-23(2,3)4)21(25)27-16-19-9-7-6-8-10-19/h5-14,20H,1,15-16H2,2-4H3,(H,24,26)/t20-/m0/s1. The summed E-state index contributed by atoms with van der Waals surface area (Å²) in [6.07, 6.45) is 1.38. The third kappa shape index (κ3) is 7.27. The number of benzene rings is 2. The SMILES string of the molecule is C=Cc1ccc(C[C@H](NC(=O)OC(C)(C)C)C(=O)OCc2ccccc2)cc1. The molecule has 28 heavy (non-hydrogen) atoms. The molecule has 0 radical (unpaired) electrons. The van der Waals surface area contributed by atoms with Crippen LogP contribution in [0.25, 0.3) is 6.08 Å². The van der Waals surface area contributed by atoms with Gasteiger partial charge in [0.1, 0.15) is 18.2 Å². The van der Waals surface area contributed by atoms with Crippen molar-refractivity contribution in [3.05, 3.63) is 77.9 Å². The van der Waals surface area contributed by atoms with Gasteiger partial charge >= 0.3 is 12.1 Å². The number of carbonyl (C=O) groups is 2. The lowest BCUT2D eigenvalue weighted by atomic mass is 10.0. The Hall–Kier alpha value is -3.08. The first kappa shape index (κ1) is 21.2. The second-order valence-corrected chi connectivity index (χ2v) is 7.44. The molecule has 2 aromatic rings. The van der Waals surface area contributed by atoms with Crippen molar-refractivity contribution in [1.82, 2.24) is 5.32 Å². The Morgan fingerprint density at radius 2 is 1.68 bits per heavy atom. The first-order chi connectivity index (χ1) is 13.3. The lowest BCUT2D eigenvalue weighted by molar-refractivity contribution is -0.147. The Bertz CT molecular complexity index is 792. The van der Waals surface area contributed by atoms with Crippen LogP contribution in [-0.4, -0.2) is 23.7 Å². The molecule has 1 amide bonds. The zero-order valence-electron chi connectivity index (χ0n) is 16.6. The van der Waals surface area contributed by atoms with Gasteiger partial charge in [-0.1, -0.05) is 67.3 Å². The minimum Gasteiger partial charge on any atom is -0.459 e. The predicted molar refractivity (Wildman–Crippen MR) is 110 cm³/mol. The van der Waals surface area contributed by atoms with Crippen LogP contribution in [0.3, 0.4) is 0 Å². The summed E-state index contributed by atoms with van der Waals surface area (Å²) in [5.41, 5.74) is 2.09. The maximum absolute atomic E-state index is 12.6. The Morgan fingerprint density at radius 1 is 1.04 bits per heavy atom. The van der Waals surface area contributed by atoms with Gasteiger partial charge in [-0.05, 0) is 37.5 Å². The topological polar surface area (TPSA) is 64.6 Å². The number of esters is 1. The van der Waals surface area contributed by atoms with Gasteiger partial charge in [0, 0.05) is 6.42 Å². The number of hydrogen-bond donors (Lipinski definition) is 1. The molecule has 1 N–H and O–H groups in total. The van der Waals surface area contributed by atoms with E-state index in [9.17, 15) is 9.59 Å². The Labute approximate surface area is 166 Å². The molecule has 0 aliphatic carbocycles. The van der Waals surface area contributed by atoms with Gasteiger partial charge in [0.2, 0.25) is 0 Å². The van der Waals surface area contributed by atoms with Gasteiger partial charge in [-0.3, -0.25) is 0 Å². The molecule has 5 nitrogen and oxygen atoms in total. The average Bonchev–Trinajstić information content (AvgIpc) is 2.65. The van der Waals surface area contributed by atoms with Crippen LogP contribution in [-0.2, 0) is 27.3 Å². The summed E-state index contributed by atoms with van der Waals surface area (Å²) < 4.78 is 10.7. The van der Waals surface area contributed by atoms with Crippen molar-refractivity contribution in [2.45, 2.75) is 45.4 Å². The summed E-state index contributed by atoms with van der Waals surface area (Å²) in [5.74, 6) is -0.512. The van der Waals surface area contributed by atoms with Crippen molar-refractivity contribution in [2.75, 3.05) is 0 Å². The van der Waals surface area contributed by atoms with Crippen LogP contribution in [0.15, 0.2) is 61.2 Å². The van der Waals surface area contributed by atoms with Gasteiger partial charge in [0.15, 0.2) is 0 Å². The summed E-state index contributed by atoms with van der Waals surface area (Å²) in [6.45, 7) is 9.17. The van der Waals surface area contributed by atoms with E-state index in [-0.39, 0.29) is 6.61 Å². The van der Waals surface area contributed by atoms with E-state index < -0.39 is 23.7 Å². The lowest BCUT2D eigenvalue weighted by Gasteiger charge is -2.23. The maximum atomic E-state index is 12.6. The Morgan fingerprint density at radius 3 is 2.25 bits per heavy atom. The van der Waals surface area contributed by atoms with Gasteiger partial charge in [-0.25, -0.2) is 9.59 Å². The molecule has 0 saturated carbocycles. The van der Waals surface area contributed by atoms with Gasteiger partial charge in [-0.15, -0.1) is 0 Å². The molecule has 0 aliphatic heterocycles. The summed E-state index contributed by atoms with van der Waals surface area (Å²) in [6, 6.07) is 16.1. The number of carbonyl (C=O) groups excluding carboxylic acids is 2. The predicted octanol–water partition coefficient (Wildman–Crippen LogP) is 4.51. The lowest BCUT2D eigenvalue weighted by Crippen LogP contribution is -2.45. The monoisotopic (exact) mass is 381 g/mol. The van der Waals surface area contributed by atoms with Crippen LogP contribution >= 0.6 is 0 Å². The van der Waals surface area contributed by atoms with E-state index in [4.69, 9.17) is 9.47 Å². The number of hydrogen-bond acceptors (Lipinski definition) is 4. The second-order valence-electron chi connectivity index (χ2n) is 7.44. The normalized spacial score (nSPS) is 12.0. The molecule has 2 rings (SSSR count). The highest BCUT2D eigenvalue weighted by Gasteiger charge is 2.26.